The lowest BCUT2D eigenvalue weighted by Crippen LogP contribution is -2.23. The zero-order valence-corrected chi connectivity index (χ0v) is 17.3. The maximum absolute atomic E-state index is 12.3. The lowest BCUT2D eigenvalue weighted by molar-refractivity contribution is -0.121. The molecule has 7 heteroatoms. The van der Waals surface area contributed by atoms with Crippen molar-refractivity contribution in [3.63, 3.8) is 0 Å². The highest BCUT2D eigenvalue weighted by Crippen LogP contribution is 2.27. The number of carbonyl (C=O) groups is 1. The number of sulfonamides is 1. The second-order valence-electron chi connectivity index (χ2n) is 6.60. The molecule has 0 atom stereocenters. The summed E-state index contributed by atoms with van der Waals surface area (Å²) in [6.07, 6.45) is 0.837. The van der Waals surface area contributed by atoms with E-state index in [-0.39, 0.29) is 10.8 Å². The molecule has 29 heavy (non-hydrogen) atoms. The third-order valence-corrected chi connectivity index (χ3v) is 6.25. The number of amides is 1. The summed E-state index contributed by atoms with van der Waals surface area (Å²) in [5.41, 5.74) is 1.85. The van der Waals surface area contributed by atoms with Crippen molar-refractivity contribution in [1.82, 2.24) is 10.0 Å². The molecule has 3 aromatic rings. The normalized spacial score (nSPS) is 11.4. The summed E-state index contributed by atoms with van der Waals surface area (Å²) in [5, 5.41) is 5.10. The lowest BCUT2D eigenvalue weighted by atomic mass is 10.0. The Labute approximate surface area is 170 Å². The zero-order chi connectivity index (χ0) is 20.9. The SMILES string of the molecule is CNS(=O)(=O)c1ccc(CCC(=O)NCc2c(OC)ccc3ccccc23)cc1. The van der Waals surface area contributed by atoms with Gasteiger partial charge in [0.05, 0.1) is 12.0 Å². The van der Waals surface area contributed by atoms with E-state index < -0.39 is 10.0 Å². The summed E-state index contributed by atoms with van der Waals surface area (Å²) < 4.78 is 31.3. The summed E-state index contributed by atoms with van der Waals surface area (Å²) in [6.45, 7) is 0.378. The van der Waals surface area contributed by atoms with Crippen molar-refractivity contribution >= 4 is 26.7 Å². The van der Waals surface area contributed by atoms with Crippen LogP contribution < -0.4 is 14.8 Å². The fourth-order valence-electron chi connectivity index (χ4n) is 3.18. The second-order valence-corrected chi connectivity index (χ2v) is 8.48. The predicted molar refractivity (Wildman–Crippen MR) is 113 cm³/mol. The third-order valence-electron chi connectivity index (χ3n) is 4.82. The molecule has 0 spiro atoms. The number of benzene rings is 3. The van der Waals surface area contributed by atoms with Crippen molar-refractivity contribution in [1.29, 1.82) is 0 Å². The Bertz CT molecular complexity index is 1110. The molecule has 152 valence electrons. The van der Waals surface area contributed by atoms with Crippen LogP contribution in [0.3, 0.4) is 0 Å². The van der Waals surface area contributed by atoms with Crippen LogP contribution in [0.5, 0.6) is 5.75 Å². The van der Waals surface area contributed by atoms with E-state index in [1.165, 1.54) is 7.05 Å². The average Bonchev–Trinajstić information content (AvgIpc) is 2.76. The van der Waals surface area contributed by atoms with Crippen molar-refractivity contribution in [2.24, 2.45) is 0 Å². The average molecular weight is 413 g/mol. The fraction of sp³-hybridized carbons (Fsp3) is 0.227. The molecular weight excluding hydrogens is 388 g/mol. The molecule has 0 aliphatic heterocycles. The van der Waals surface area contributed by atoms with Gasteiger partial charge in [0.1, 0.15) is 5.75 Å². The first-order valence-electron chi connectivity index (χ1n) is 9.28. The first-order valence-corrected chi connectivity index (χ1v) is 10.8. The molecule has 0 radical (unpaired) electrons. The van der Waals surface area contributed by atoms with Gasteiger partial charge in [-0.1, -0.05) is 42.5 Å². The van der Waals surface area contributed by atoms with Gasteiger partial charge in [-0.3, -0.25) is 4.79 Å². The van der Waals surface area contributed by atoms with Crippen LogP contribution in [-0.4, -0.2) is 28.5 Å². The van der Waals surface area contributed by atoms with E-state index in [2.05, 4.69) is 10.0 Å². The molecule has 0 unspecified atom stereocenters. The minimum absolute atomic E-state index is 0.0769. The molecule has 0 aliphatic carbocycles. The van der Waals surface area contributed by atoms with E-state index in [1.807, 2.05) is 36.4 Å². The number of hydrogen-bond donors (Lipinski definition) is 2. The summed E-state index contributed by atoms with van der Waals surface area (Å²) in [7, 11) is -0.459. The number of methoxy groups -OCH3 is 1. The topological polar surface area (TPSA) is 84.5 Å². The van der Waals surface area contributed by atoms with Crippen LogP contribution in [-0.2, 0) is 27.8 Å². The Morgan fingerprint density at radius 3 is 2.41 bits per heavy atom. The molecule has 2 N–H and O–H groups in total. The molecule has 1 amide bonds. The minimum atomic E-state index is -3.45. The Hall–Kier alpha value is -2.90. The van der Waals surface area contributed by atoms with Crippen molar-refractivity contribution in [2.45, 2.75) is 24.3 Å². The smallest absolute Gasteiger partial charge is 0.240 e. The Morgan fingerprint density at radius 1 is 1.00 bits per heavy atom. The van der Waals surface area contributed by atoms with Gasteiger partial charge in [-0.25, -0.2) is 13.1 Å². The van der Waals surface area contributed by atoms with Crippen LogP contribution >= 0.6 is 0 Å². The second kappa shape index (κ2) is 9.07. The molecule has 0 saturated heterocycles. The first-order chi connectivity index (χ1) is 13.9. The highest BCUT2D eigenvalue weighted by molar-refractivity contribution is 7.89. The summed E-state index contributed by atoms with van der Waals surface area (Å²) in [6, 6.07) is 18.4. The number of hydrogen-bond acceptors (Lipinski definition) is 4. The molecule has 0 heterocycles. The van der Waals surface area contributed by atoms with Gasteiger partial charge in [-0.15, -0.1) is 0 Å². The molecule has 6 nitrogen and oxygen atoms in total. The van der Waals surface area contributed by atoms with Gasteiger partial charge in [0, 0.05) is 18.5 Å². The van der Waals surface area contributed by atoms with E-state index in [4.69, 9.17) is 4.74 Å². The highest BCUT2D eigenvalue weighted by atomic mass is 32.2. The third kappa shape index (κ3) is 4.93. The van der Waals surface area contributed by atoms with Crippen LogP contribution in [0.2, 0.25) is 0 Å². The largest absolute Gasteiger partial charge is 0.496 e. The number of aryl methyl sites for hydroxylation is 1. The quantitative estimate of drug-likeness (QED) is 0.596. The molecular formula is C22H24N2O4S. The molecule has 0 aromatic heterocycles. The van der Waals surface area contributed by atoms with Gasteiger partial charge >= 0.3 is 0 Å². The highest BCUT2D eigenvalue weighted by Gasteiger charge is 2.12. The van der Waals surface area contributed by atoms with Crippen molar-refractivity contribution in [2.75, 3.05) is 14.2 Å². The van der Waals surface area contributed by atoms with Crippen LogP contribution in [0.15, 0.2) is 65.6 Å². The van der Waals surface area contributed by atoms with Crippen molar-refractivity contribution in [3.05, 3.63) is 71.8 Å². The number of ether oxygens (including phenoxy) is 1. The van der Waals surface area contributed by atoms with Gasteiger partial charge in [0.25, 0.3) is 0 Å². The monoisotopic (exact) mass is 412 g/mol. The Morgan fingerprint density at radius 2 is 1.72 bits per heavy atom. The molecule has 0 bridgehead atoms. The van der Waals surface area contributed by atoms with Crippen LogP contribution in [0.4, 0.5) is 0 Å². The first kappa shape index (κ1) is 20.8. The van der Waals surface area contributed by atoms with Crippen LogP contribution in [0.1, 0.15) is 17.5 Å². The summed E-state index contributed by atoms with van der Waals surface area (Å²) >= 11 is 0. The standard InChI is InChI=1S/C22H24N2O4S/c1-23-29(26,27)18-11-7-16(8-12-18)9-14-22(25)24-15-20-19-6-4-3-5-17(19)10-13-21(20)28-2/h3-8,10-13,23H,9,14-15H2,1-2H3,(H,24,25). The maximum Gasteiger partial charge on any atom is 0.240 e. The van der Waals surface area contributed by atoms with E-state index in [0.29, 0.717) is 19.4 Å². The van der Waals surface area contributed by atoms with Gasteiger partial charge in [0.15, 0.2) is 0 Å². The summed E-state index contributed by atoms with van der Waals surface area (Å²) in [4.78, 5) is 12.5. The Balaban J connectivity index is 1.62. The van der Waals surface area contributed by atoms with Crippen molar-refractivity contribution in [3.8, 4) is 5.75 Å². The molecule has 3 aromatic carbocycles. The predicted octanol–water partition coefficient (Wildman–Crippen LogP) is 3.01. The zero-order valence-electron chi connectivity index (χ0n) is 16.4. The minimum Gasteiger partial charge on any atom is -0.496 e. The molecule has 0 fully saturated rings. The van der Waals surface area contributed by atoms with E-state index >= 15 is 0 Å². The number of fused-ring (bicyclic) bond motifs is 1. The Kier molecular flexibility index (Phi) is 6.51. The van der Waals surface area contributed by atoms with Gasteiger partial charge in [-0.05, 0) is 48.0 Å². The maximum atomic E-state index is 12.3. The van der Waals surface area contributed by atoms with Crippen molar-refractivity contribution < 1.29 is 17.9 Å². The van der Waals surface area contributed by atoms with Crippen LogP contribution in [0.25, 0.3) is 10.8 Å². The van der Waals surface area contributed by atoms with E-state index in [0.717, 1.165) is 27.6 Å². The van der Waals surface area contributed by atoms with E-state index in [9.17, 15) is 13.2 Å². The van der Waals surface area contributed by atoms with Gasteiger partial charge in [0.2, 0.25) is 15.9 Å². The fourth-order valence-corrected chi connectivity index (χ4v) is 3.91. The van der Waals surface area contributed by atoms with Gasteiger partial charge < -0.3 is 10.1 Å². The molecule has 3 rings (SSSR count). The molecule has 0 aliphatic rings. The molecule has 0 saturated carbocycles. The lowest BCUT2D eigenvalue weighted by Gasteiger charge is -2.13. The van der Waals surface area contributed by atoms with Crippen LogP contribution in [0, 0.1) is 0 Å². The van der Waals surface area contributed by atoms with E-state index in [1.54, 1.807) is 31.4 Å². The number of rotatable bonds is 8. The summed E-state index contributed by atoms with van der Waals surface area (Å²) in [5.74, 6) is 0.664. The number of carbonyl (C=O) groups excluding carboxylic acids is 1. The van der Waals surface area contributed by atoms with Gasteiger partial charge in [-0.2, -0.15) is 0 Å². The number of nitrogens with one attached hydrogen (secondary N) is 2.